The summed E-state index contributed by atoms with van der Waals surface area (Å²) in [6.45, 7) is 6.03. The molecule has 0 aromatic carbocycles. The number of piperidine rings is 1. The number of hydrogen-bond donors (Lipinski definition) is 0. The van der Waals surface area contributed by atoms with Gasteiger partial charge in [-0.1, -0.05) is 38.7 Å². The predicted molar refractivity (Wildman–Crippen MR) is 86.9 cm³/mol. The second-order valence-electron chi connectivity index (χ2n) is 6.30. The third-order valence-corrected chi connectivity index (χ3v) is 6.19. The van der Waals surface area contributed by atoms with E-state index in [4.69, 9.17) is 0 Å². The molecule has 2 fully saturated rings. The zero-order valence-corrected chi connectivity index (χ0v) is 13.6. The molecule has 3 heteroatoms. The molecule has 112 valence electrons. The van der Waals surface area contributed by atoms with E-state index < -0.39 is 0 Å². The maximum absolute atomic E-state index is 2.75. The first kappa shape index (κ1) is 14.6. The highest BCUT2D eigenvalue weighted by atomic mass is 32.1. The lowest BCUT2D eigenvalue weighted by Crippen LogP contribution is -2.57. The van der Waals surface area contributed by atoms with Crippen LogP contribution in [0.3, 0.4) is 0 Å². The molecule has 20 heavy (non-hydrogen) atoms. The Hall–Kier alpha value is -0.380. The smallest absolute Gasteiger partial charge is 0.0697 e. The minimum atomic E-state index is 0.304. The van der Waals surface area contributed by atoms with Crippen molar-refractivity contribution in [3.8, 4) is 0 Å². The average molecular weight is 292 g/mol. The highest BCUT2D eigenvalue weighted by molar-refractivity contribution is 7.10. The van der Waals surface area contributed by atoms with Crippen LogP contribution in [0.4, 0.5) is 0 Å². The molecule has 1 saturated carbocycles. The maximum Gasteiger partial charge on any atom is 0.0697 e. The van der Waals surface area contributed by atoms with Crippen molar-refractivity contribution in [3.63, 3.8) is 0 Å². The predicted octanol–water partition coefficient (Wildman–Crippen LogP) is 4.63. The number of nitrogens with zero attached hydrogens (tertiary/aromatic N) is 2. The molecule has 3 rings (SSSR count). The largest absolute Gasteiger partial charge is 0.241 e. The van der Waals surface area contributed by atoms with E-state index in [2.05, 4.69) is 34.5 Å². The van der Waals surface area contributed by atoms with Gasteiger partial charge in [0.15, 0.2) is 0 Å². The molecule has 2 heterocycles. The van der Waals surface area contributed by atoms with Gasteiger partial charge in [0.2, 0.25) is 0 Å². The fourth-order valence-corrected chi connectivity index (χ4v) is 5.19. The molecule has 0 atom stereocenters. The minimum absolute atomic E-state index is 0.304. The monoisotopic (exact) mass is 292 g/mol. The Balaban J connectivity index is 1.90. The standard InChI is InChI=1S/C17H28N2S/c1-2-19(18-13-7-4-8-14-18)17(11-5-3-6-12-17)16-10-9-15-20-16/h9-10,15H,2-8,11-14H2,1H3. The van der Waals surface area contributed by atoms with Crippen molar-refractivity contribution in [1.29, 1.82) is 0 Å². The van der Waals surface area contributed by atoms with Gasteiger partial charge in [-0.3, -0.25) is 0 Å². The summed E-state index contributed by atoms with van der Waals surface area (Å²) in [6.07, 6.45) is 11.1. The van der Waals surface area contributed by atoms with Crippen LogP contribution in [0, 0.1) is 0 Å². The van der Waals surface area contributed by atoms with Crippen molar-refractivity contribution >= 4 is 11.3 Å². The summed E-state index contributed by atoms with van der Waals surface area (Å²) >= 11 is 1.97. The molecule has 0 amide bonds. The molecule has 0 N–H and O–H groups in total. The van der Waals surface area contributed by atoms with Crippen LogP contribution in [0.1, 0.15) is 63.2 Å². The first-order chi connectivity index (χ1) is 9.87. The van der Waals surface area contributed by atoms with E-state index in [1.54, 1.807) is 4.88 Å². The van der Waals surface area contributed by atoms with Gasteiger partial charge in [-0.25, -0.2) is 10.0 Å². The Kier molecular flexibility index (Phi) is 4.79. The molecule has 1 aromatic heterocycles. The molecular weight excluding hydrogens is 264 g/mol. The highest BCUT2D eigenvalue weighted by Crippen LogP contribution is 2.45. The summed E-state index contributed by atoms with van der Waals surface area (Å²) in [4.78, 5) is 1.60. The molecule has 0 spiro atoms. The van der Waals surface area contributed by atoms with Crippen LogP contribution < -0.4 is 0 Å². The Labute approximate surface area is 127 Å². The number of hydrazine groups is 1. The van der Waals surface area contributed by atoms with E-state index in [1.165, 1.54) is 64.5 Å². The van der Waals surface area contributed by atoms with E-state index in [9.17, 15) is 0 Å². The van der Waals surface area contributed by atoms with Gasteiger partial charge in [-0.05, 0) is 37.1 Å². The van der Waals surface area contributed by atoms with Gasteiger partial charge in [0, 0.05) is 24.5 Å². The fourth-order valence-electron chi connectivity index (χ4n) is 4.20. The van der Waals surface area contributed by atoms with E-state index in [0.29, 0.717) is 5.54 Å². The highest BCUT2D eigenvalue weighted by Gasteiger charge is 2.42. The zero-order chi connectivity index (χ0) is 13.8. The van der Waals surface area contributed by atoms with E-state index >= 15 is 0 Å². The Morgan fingerprint density at radius 1 is 1.10 bits per heavy atom. The molecule has 1 aliphatic heterocycles. The maximum atomic E-state index is 2.75. The van der Waals surface area contributed by atoms with Crippen molar-refractivity contribution < 1.29 is 0 Å². The van der Waals surface area contributed by atoms with Gasteiger partial charge in [0.1, 0.15) is 0 Å². The summed E-state index contributed by atoms with van der Waals surface area (Å²) in [5.74, 6) is 0. The van der Waals surface area contributed by atoms with Gasteiger partial charge < -0.3 is 0 Å². The molecule has 0 unspecified atom stereocenters. The second kappa shape index (κ2) is 6.59. The summed E-state index contributed by atoms with van der Waals surface area (Å²) in [7, 11) is 0. The molecule has 1 aliphatic carbocycles. The Bertz CT molecular complexity index is 389. The Morgan fingerprint density at radius 2 is 1.80 bits per heavy atom. The molecule has 2 aliphatic rings. The second-order valence-corrected chi connectivity index (χ2v) is 7.25. The first-order valence-electron chi connectivity index (χ1n) is 8.43. The molecule has 0 radical (unpaired) electrons. The summed E-state index contributed by atoms with van der Waals surface area (Å²) < 4.78 is 0. The van der Waals surface area contributed by atoms with E-state index in [-0.39, 0.29) is 0 Å². The van der Waals surface area contributed by atoms with Gasteiger partial charge in [0.05, 0.1) is 5.54 Å². The van der Waals surface area contributed by atoms with Crippen LogP contribution in [0.25, 0.3) is 0 Å². The van der Waals surface area contributed by atoms with Crippen molar-refractivity contribution in [2.24, 2.45) is 0 Å². The van der Waals surface area contributed by atoms with Crippen molar-refractivity contribution in [1.82, 2.24) is 10.0 Å². The van der Waals surface area contributed by atoms with Crippen LogP contribution in [0.2, 0.25) is 0 Å². The third kappa shape index (κ3) is 2.68. The van der Waals surface area contributed by atoms with E-state index in [0.717, 1.165) is 6.54 Å². The molecule has 1 aromatic rings. The van der Waals surface area contributed by atoms with Crippen LogP contribution >= 0.6 is 11.3 Å². The molecule has 2 nitrogen and oxygen atoms in total. The normalized spacial score (nSPS) is 24.1. The average Bonchev–Trinajstić information content (AvgIpc) is 3.05. The fraction of sp³-hybridized carbons (Fsp3) is 0.765. The number of rotatable bonds is 4. The summed E-state index contributed by atoms with van der Waals surface area (Å²) in [5, 5.41) is 7.68. The van der Waals surface area contributed by atoms with Gasteiger partial charge in [-0.15, -0.1) is 11.3 Å². The molecule has 1 saturated heterocycles. The van der Waals surface area contributed by atoms with Crippen molar-refractivity contribution in [2.45, 2.75) is 63.8 Å². The van der Waals surface area contributed by atoms with Gasteiger partial charge in [-0.2, -0.15) is 0 Å². The lowest BCUT2D eigenvalue weighted by Gasteiger charge is -2.51. The number of thiophene rings is 1. The quantitative estimate of drug-likeness (QED) is 0.798. The SMILES string of the molecule is CCN(N1CCCCC1)C1(c2cccs2)CCCCC1. The zero-order valence-electron chi connectivity index (χ0n) is 12.8. The van der Waals surface area contributed by atoms with Crippen molar-refractivity contribution in [3.05, 3.63) is 22.4 Å². The van der Waals surface area contributed by atoms with Gasteiger partial charge >= 0.3 is 0 Å². The molecular formula is C17H28N2S. The lowest BCUT2D eigenvalue weighted by atomic mass is 9.79. The summed E-state index contributed by atoms with van der Waals surface area (Å²) in [6, 6.07) is 4.61. The first-order valence-corrected chi connectivity index (χ1v) is 9.31. The van der Waals surface area contributed by atoms with Crippen LogP contribution in [-0.2, 0) is 5.54 Å². The minimum Gasteiger partial charge on any atom is -0.241 e. The van der Waals surface area contributed by atoms with Gasteiger partial charge in [0.25, 0.3) is 0 Å². The lowest BCUT2D eigenvalue weighted by molar-refractivity contribution is -0.133. The molecule has 0 bridgehead atoms. The van der Waals surface area contributed by atoms with Crippen LogP contribution in [0.15, 0.2) is 17.5 Å². The Morgan fingerprint density at radius 3 is 2.40 bits per heavy atom. The van der Waals surface area contributed by atoms with Crippen molar-refractivity contribution in [2.75, 3.05) is 19.6 Å². The number of hydrogen-bond acceptors (Lipinski definition) is 3. The van der Waals surface area contributed by atoms with Crippen LogP contribution in [0.5, 0.6) is 0 Å². The topological polar surface area (TPSA) is 6.48 Å². The summed E-state index contributed by atoms with van der Waals surface area (Å²) in [5.41, 5.74) is 0.304. The third-order valence-electron chi connectivity index (χ3n) is 5.13. The van der Waals surface area contributed by atoms with Crippen LogP contribution in [-0.4, -0.2) is 29.7 Å². The van der Waals surface area contributed by atoms with E-state index in [1.807, 2.05) is 11.3 Å².